The Morgan fingerprint density at radius 2 is 1.60 bits per heavy atom. The fourth-order valence-electron chi connectivity index (χ4n) is 4.88. The second-order valence-corrected chi connectivity index (χ2v) is 12.1. The Balaban J connectivity index is 1.28. The minimum absolute atomic E-state index is 0.173. The van der Waals surface area contributed by atoms with E-state index in [1.807, 2.05) is 91.0 Å². The van der Waals surface area contributed by atoms with Gasteiger partial charge in [-0.25, -0.2) is 4.79 Å². The predicted octanol–water partition coefficient (Wildman–Crippen LogP) is 5.73. The monoisotopic (exact) mass is 592 g/mol. The lowest BCUT2D eigenvalue weighted by Crippen LogP contribution is -2.69. The average molecular weight is 594 g/mol. The number of carbonyl (C=O) groups is 2. The van der Waals surface area contributed by atoms with Gasteiger partial charge in [-0.15, -0.1) is 11.8 Å². The third kappa shape index (κ3) is 5.57. The van der Waals surface area contributed by atoms with Crippen molar-refractivity contribution in [2.24, 2.45) is 0 Å². The number of rotatable bonds is 9. The van der Waals surface area contributed by atoms with Gasteiger partial charge in [-0.2, -0.15) is 0 Å². The van der Waals surface area contributed by atoms with Crippen LogP contribution >= 0.6 is 35.0 Å². The summed E-state index contributed by atoms with van der Waals surface area (Å²) in [5.74, 6) is -0.240. The van der Waals surface area contributed by atoms with Crippen LogP contribution in [0.2, 0.25) is 0 Å². The third-order valence-corrected chi connectivity index (χ3v) is 8.93. The number of fused-ring (bicyclic) bond motifs is 1. The Morgan fingerprint density at radius 3 is 2.17 bits per heavy atom. The average Bonchev–Trinajstić information content (AvgIpc) is 3.61. The molecule has 1 N–H and O–H groups in total. The number of β-lactam (4-membered cyclic amide) rings is 1. The molecule has 0 aliphatic carbocycles. The lowest BCUT2D eigenvalue weighted by Gasteiger charge is -2.50. The van der Waals surface area contributed by atoms with Crippen LogP contribution in [0.1, 0.15) is 22.8 Å². The molecule has 204 valence electrons. The van der Waals surface area contributed by atoms with Crippen molar-refractivity contribution in [2.45, 2.75) is 34.7 Å². The van der Waals surface area contributed by atoms with Crippen LogP contribution in [0.5, 0.6) is 0 Å². The van der Waals surface area contributed by atoms with Crippen molar-refractivity contribution < 1.29 is 19.1 Å². The molecule has 3 heterocycles. The Hall–Kier alpha value is -3.07. The molecule has 6 rings (SSSR count). The van der Waals surface area contributed by atoms with E-state index in [9.17, 15) is 9.59 Å². The van der Waals surface area contributed by atoms with Gasteiger partial charge < -0.3 is 9.47 Å². The zero-order valence-electron chi connectivity index (χ0n) is 21.3. The fourth-order valence-corrected chi connectivity index (χ4v) is 6.56. The molecule has 3 aliphatic rings. The van der Waals surface area contributed by atoms with E-state index in [1.165, 1.54) is 0 Å². The van der Waals surface area contributed by atoms with Crippen molar-refractivity contribution in [3.8, 4) is 0 Å². The van der Waals surface area contributed by atoms with Crippen molar-refractivity contribution in [1.82, 2.24) is 10.2 Å². The number of carbonyl (C=O) groups excluding carboxylic acids is 2. The molecule has 3 atom stereocenters. The number of hydrogen-bond acceptors (Lipinski definition) is 6. The maximum absolute atomic E-state index is 14.0. The normalized spacial score (nSPS) is 23.2. The molecule has 2 saturated heterocycles. The highest BCUT2D eigenvalue weighted by Gasteiger charge is 2.55. The summed E-state index contributed by atoms with van der Waals surface area (Å²) < 4.78 is 10.2. The molecule has 6 nitrogen and oxygen atoms in total. The van der Waals surface area contributed by atoms with Crippen LogP contribution < -0.4 is 5.32 Å². The van der Waals surface area contributed by atoms with Crippen molar-refractivity contribution in [1.29, 1.82) is 0 Å². The fraction of sp³-hybridized carbons (Fsp3) is 0.226. The molecule has 3 unspecified atom stereocenters. The number of ether oxygens (including phenoxy) is 2. The van der Waals surface area contributed by atoms with Gasteiger partial charge in [0, 0.05) is 12.3 Å². The van der Waals surface area contributed by atoms with E-state index in [0.29, 0.717) is 17.9 Å². The van der Waals surface area contributed by atoms with E-state index < -0.39 is 28.7 Å². The van der Waals surface area contributed by atoms with Gasteiger partial charge in [-0.1, -0.05) is 120 Å². The van der Waals surface area contributed by atoms with Gasteiger partial charge in [0.15, 0.2) is 6.10 Å². The number of halogens is 2. The molecule has 0 saturated carbocycles. The number of alkyl halides is 2. The second-order valence-electron chi connectivity index (χ2n) is 9.69. The number of amides is 1. The van der Waals surface area contributed by atoms with Crippen LogP contribution in [-0.4, -0.2) is 44.6 Å². The molecule has 3 aliphatic heterocycles. The first-order valence-corrected chi connectivity index (χ1v) is 14.7. The second kappa shape index (κ2) is 11.4. The first kappa shape index (κ1) is 27.1. The lowest BCUT2D eigenvalue weighted by atomic mass is 10.00. The number of thioether (sulfide) groups is 1. The smallest absolute Gasteiger partial charge is 0.356 e. The number of nitrogens with zero attached hydrogens (tertiary/aromatic N) is 1. The molecule has 0 aromatic heterocycles. The first-order valence-electron chi connectivity index (χ1n) is 12.9. The van der Waals surface area contributed by atoms with Crippen molar-refractivity contribution in [3.05, 3.63) is 131 Å². The van der Waals surface area contributed by atoms with Crippen LogP contribution in [-0.2, 0) is 25.6 Å². The van der Waals surface area contributed by atoms with Crippen LogP contribution in [0, 0.1) is 0 Å². The number of benzene rings is 3. The highest BCUT2D eigenvalue weighted by atomic mass is 35.5. The standard InChI is InChI=1S/C31H26Cl2N2O4S/c32-31(33)24(39-31)17-16-23-19-40-29-25(34-18-20-10-4-1-5-11-20)28(36)35(29)26(23)30(37)38-27(21-12-6-2-7-13-21)22-14-8-3-9-15-22/h1-17,24-25,27,29,34H,18-19H2/b17-16+. The number of nitrogens with one attached hydrogen (secondary N) is 1. The summed E-state index contributed by atoms with van der Waals surface area (Å²) in [5, 5.41) is 3.13. The largest absolute Gasteiger partial charge is 0.448 e. The molecular formula is C31H26Cl2N2O4S. The highest BCUT2D eigenvalue weighted by molar-refractivity contribution is 8.00. The zero-order chi connectivity index (χ0) is 27.7. The first-order chi connectivity index (χ1) is 19.4. The summed E-state index contributed by atoms with van der Waals surface area (Å²) >= 11 is 13.6. The summed E-state index contributed by atoms with van der Waals surface area (Å²) in [6, 6.07) is 28.6. The molecular weight excluding hydrogens is 567 g/mol. The van der Waals surface area contributed by atoms with E-state index in [1.54, 1.807) is 28.8 Å². The highest BCUT2D eigenvalue weighted by Crippen LogP contribution is 2.46. The van der Waals surface area contributed by atoms with Gasteiger partial charge in [0.2, 0.25) is 10.4 Å². The number of hydrogen-bond donors (Lipinski definition) is 1. The predicted molar refractivity (Wildman–Crippen MR) is 156 cm³/mol. The zero-order valence-corrected chi connectivity index (χ0v) is 23.6. The van der Waals surface area contributed by atoms with Crippen LogP contribution in [0.25, 0.3) is 0 Å². The van der Waals surface area contributed by atoms with Crippen LogP contribution in [0.4, 0.5) is 0 Å². The number of allylic oxidation sites excluding steroid dienone is 1. The van der Waals surface area contributed by atoms with Crippen LogP contribution in [0.15, 0.2) is 114 Å². The van der Waals surface area contributed by atoms with Gasteiger partial charge in [0.25, 0.3) is 0 Å². The van der Waals surface area contributed by atoms with Gasteiger partial charge in [-0.3, -0.25) is 15.0 Å². The summed E-state index contributed by atoms with van der Waals surface area (Å²) in [7, 11) is 0. The van der Waals surface area contributed by atoms with Crippen molar-refractivity contribution in [2.75, 3.05) is 5.75 Å². The van der Waals surface area contributed by atoms with Crippen LogP contribution in [0.3, 0.4) is 0 Å². The molecule has 2 fully saturated rings. The van der Waals surface area contributed by atoms with Gasteiger partial charge in [0.05, 0.1) is 0 Å². The van der Waals surface area contributed by atoms with Gasteiger partial charge in [0.1, 0.15) is 23.2 Å². The van der Waals surface area contributed by atoms with E-state index in [0.717, 1.165) is 16.7 Å². The third-order valence-electron chi connectivity index (χ3n) is 7.02. The topological polar surface area (TPSA) is 71.2 Å². The van der Waals surface area contributed by atoms with Crippen molar-refractivity contribution in [3.63, 3.8) is 0 Å². The van der Waals surface area contributed by atoms with Gasteiger partial charge >= 0.3 is 5.97 Å². The maximum Gasteiger partial charge on any atom is 0.356 e. The maximum atomic E-state index is 14.0. The number of epoxide rings is 1. The molecule has 9 heteroatoms. The van der Waals surface area contributed by atoms with E-state index >= 15 is 0 Å². The summed E-state index contributed by atoms with van der Waals surface area (Å²) in [5.41, 5.74) is 3.63. The Kier molecular flexibility index (Phi) is 7.75. The summed E-state index contributed by atoms with van der Waals surface area (Å²) in [6.45, 7) is 0.551. The van der Waals surface area contributed by atoms with Gasteiger partial charge in [-0.05, 0) is 28.3 Å². The molecule has 3 aromatic rings. The summed E-state index contributed by atoms with van der Waals surface area (Å²) in [4.78, 5) is 29.0. The minimum Gasteiger partial charge on any atom is -0.448 e. The molecule has 3 aromatic carbocycles. The van der Waals surface area contributed by atoms with Crippen molar-refractivity contribution >= 4 is 46.8 Å². The lowest BCUT2D eigenvalue weighted by molar-refractivity contribution is -0.154. The summed E-state index contributed by atoms with van der Waals surface area (Å²) in [6.07, 6.45) is 2.34. The number of esters is 1. The Labute approximate surface area is 246 Å². The minimum atomic E-state index is -1.27. The Bertz CT molecular complexity index is 1410. The van der Waals surface area contributed by atoms with E-state index in [2.05, 4.69) is 5.32 Å². The quantitative estimate of drug-likeness (QED) is 0.148. The van der Waals surface area contributed by atoms with E-state index in [-0.39, 0.29) is 17.0 Å². The molecule has 0 radical (unpaired) electrons. The van der Waals surface area contributed by atoms with E-state index in [4.69, 9.17) is 32.7 Å². The Morgan fingerprint density at radius 1 is 1.02 bits per heavy atom. The molecule has 0 bridgehead atoms. The molecule has 0 spiro atoms. The molecule has 1 amide bonds. The SMILES string of the molecule is O=C(OC(c1ccccc1)c1ccccc1)C1=C(/C=C/C2OC2(Cl)Cl)CSC2C(NCc3ccccc3)C(=O)N12. The molecule has 40 heavy (non-hydrogen) atoms.